The monoisotopic (exact) mass is 354 g/mol. The van der Waals surface area contributed by atoms with Crippen molar-refractivity contribution in [1.29, 1.82) is 0 Å². The first-order chi connectivity index (χ1) is 11.5. The zero-order chi connectivity index (χ0) is 16.9. The largest absolute Gasteiger partial charge is 0.382 e. The Bertz CT molecular complexity index is 775. The molecule has 128 valence electrons. The van der Waals surface area contributed by atoms with Crippen molar-refractivity contribution in [2.75, 3.05) is 31.7 Å². The fraction of sp³-hybridized carbons (Fsp3) is 0.467. The van der Waals surface area contributed by atoms with Gasteiger partial charge in [-0.05, 0) is 0 Å². The molecule has 0 saturated heterocycles. The van der Waals surface area contributed by atoms with Crippen molar-refractivity contribution in [2.45, 2.75) is 18.4 Å². The van der Waals surface area contributed by atoms with Crippen LogP contribution in [0.4, 0.5) is 14.5 Å². The van der Waals surface area contributed by atoms with Crippen LogP contribution in [0.25, 0.3) is 10.4 Å². The predicted octanol–water partition coefficient (Wildman–Crippen LogP) is 1.89. The molecule has 0 unspecified atom stereocenters. The summed E-state index contributed by atoms with van der Waals surface area (Å²) in [7, 11) is 1.53. The number of anilines is 1. The predicted molar refractivity (Wildman–Crippen MR) is 85.9 cm³/mol. The minimum absolute atomic E-state index is 0.235. The SMILES string of the molecule is COC[C@@H]1CN2CC(F)(F)Cc3c(-c4cn[nH]c4)sc(c32)C(=O)N1. The number of nitrogens with zero attached hydrogens (tertiary/aromatic N) is 2. The number of hydrogen-bond donors (Lipinski definition) is 2. The van der Waals surface area contributed by atoms with Crippen LogP contribution in [0.15, 0.2) is 12.4 Å². The van der Waals surface area contributed by atoms with Gasteiger partial charge in [-0.15, -0.1) is 11.3 Å². The maximum absolute atomic E-state index is 14.3. The van der Waals surface area contributed by atoms with Crippen molar-refractivity contribution in [3.05, 3.63) is 22.8 Å². The van der Waals surface area contributed by atoms with Crippen molar-refractivity contribution in [3.8, 4) is 10.4 Å². The number of ether oxygens (including phenoxy) is 1. The van der Waals surface area contributed by atoms with Gasteiger partial charge in [0.25, 0.3) is 11.8 Å². The molecule has 0 saturated carbocycles. The zero-order valence-electron chi connectivity index (χ0n) is 12.9. The van der Waals surface area contributed by atoms with E-state index >= 15 is 0 Å². The highest BCUT2D eigenvalue weighted by Gasteiger charge is 2.44. The maximum Gasteiger partial charge on any atom is 0.269 e. The molecule has 2 aromatic heterocycles. The van der Waals surface area contributed by atoms with Crippen molar-refractivity contribution in [2.24, 2.45) is 0 Å². The van der Waals surface area contributed by atoms with Gasteiger partial charge in [0, 0.05) is 42.3 Å². The number of carbonyl (C=O) groups excluding carboxylic acids is 1. The van der Waals surface area contributed by atoms with Gasteiger partial charge >= 0.3 is 0 Å². The van der Waals surface area contributed by atoms with Crippen LogP contribution >= 0.6 is 11.3 Å². The number of carbonyl (C=O) groups is 1. The number of alkyl halides is 2. The van der Waals surface area contributed by atoms with Crippen LogP contribution in [0.1, 0.15) is 15.2 Å². The minimum atomic E-state index is -2.84. The Labute approximate surface area is 140 Å². The molecule has 0 aliphatic carbocycles. The molecule has 2 aliphatic rings. The van der Waals surface area contributed by atoms with Gasteiger partial charge in [0.2, 0.25) is 0 Å². The molecule has 0 fully saturated rings. The third kappa shape index (κ3) is 2.48. The Morgan fingerprint density at radius 3 is 3.04 bits per heavy atom. The fourth-order valence-electron chi connectivity index (χ4n) is 3.40. The Morgan fingerprint density at radius 1 is 1.50 bits per heavy atom. The molecule has 2 aromatic rings. The van der Waals surface area contributed by atoms with E-state index in [-0.39, 0.29) is 31.5 Å². The molecule has 1 amide bonds. The van der Waals surface area contributed by atoms with E-state index in [0.29, 0.717) is 27.5 Å². The number of halogens is 2. The normalized spacial score (nSPS) is 22.0. The zero-order valence-corrected chi connectivity index (χ0v) is 13.8. The molecule has 9 heteroatoms. The Kier molecular flexibility index (Phi) is 3.57. The van der Waals surface area contributed by atoms with Gasteiger partial charge in [-0.2, -0.15) is 5.10 Å². The summed E-state index contributed by atoms with van der Waals surface area (Å²) in [5.41, 5.74) is 1.89. The molecule has 2 N–H and O–H groups in total. The molecule has 0 aromatic carbocycles. The van der Waals surface area contributed by atoms with Gasteiger partial charge in [0.1, 0.15) is 4.88 Å². The van der Waals surface area contributed by atoms with E-state index in [1.54, 1.807) is 17.3 Å². The highest BCUT2D eigenvalue weighted by atomic mass is 32.1. The lowest BCUT2D eigenvalue weighted by Crippen LogP contribution is -2.49. The van der Waals surface area contributed by atoms with Gasteiger partial charge in [-0.3, -0.25) is 9.89 Å². The number of aromatic nitrogens is 2. The summed E-state index contributed by atoms with van der Waals surface area (Å²) in [5, 5.41) is 9.46. The highest BCUT2D eigenvalue weighted by molar-refractivity contribution is 7.18. The van der Waals surface area contributed by atoms with Crippen LogP contribution < -0.4 is 10.2 Å². The first-order valence-electron chi connectivity index (χ1n) is 7.56. The van der Waals surface area contributed by atoms with Crippen LogP contribution in [0.5, 0.6) is 0 Å². The van der Waals surface area contributed by atoms with E-state index in [1.807, 2.05) is 0 Å². The van der Waals surface area contributed by atoms with Crippen molar-refractivity contribution < 1.29 is 18.3 Å². The second-order valence-corrected chi connectivity index (χ2v) is 7.13. The lowest BCUT2D eigenvalue weighted by molar-refractivity contribution is 0.00507. The van der Waals surface area contributed by atoms with Crippen LogP contribution in [0, 0.1) is 0 Å². The number of thiophene rings is 1. The molecule has 0 radical (unpaired) electrons. The van der Waals surface area contributed by atoms with Crippen molar-refractivity contribution >= 4 is 22.9 Å². The molecule has 6 nitrogen and oxygen atoms in total. The third-order valence-electron chi connectivity index (χ3n) is 4.26. The molecular formula is C15H16F2N4O2S. The summed E-state index contributed by atoms with van der Waals surface area (Å²) in [6.07, 6.45) is 2.88. The standard InChI is InChI=1S/C15H16F2N4O2S/c1-23-6-9-5-21-7-15(16,17)2-10-11(21)13(14(22)20-9)24-12(10)8-3-18-19-4-8/h3-4,9H,2,5-7H2,1H3,(H,18,19)(H,20,22)/t9-/m0/s1. The summed E-state index contributed by atoms with van der Waals surface area (Å²) in [6, 6.07) is -0.318. The first-order valence-corrected chi connectivity index (χ1v) is 8.37. The fourth-order valence-corrected chi connectivity index (χ4v) is 4.63. The Balaban J connectivity index is 1.85. The Hall–Kier alpha value is -2.00. The van der Waals surface area contributed by atoms with Crippen LogP contribution in [0.2, 0.25) is 0 Å². The number of amides is 1. The average molecular weight is 354 g/mol. The Morgan fingerprint density at radius 2 is 2.33 bits per heavy atom. The minimum Gasteiger partial charge on any atom is -0.382 e. The van der Waals surface area contributed by atoms with Crippen molar-refractivity contribution in [1.82, 2.24) is 15.5 Å². The molecular weight excluding hydrogens is 338 g/mol. The van der Waals surface area contributed by atoms with Gasteiger partial charge in [0.05, 0.1) is 31.1 Å². The van der Waals surface area contributed by atoms with E-state index in [2.05, 4.69) is 15.5 Å². The lowest BCUT2D eigenvalue weighted by atomic mass is 9.97. The maximum atomic E-state index is 14.3. The van der Waals surface area contributed by atoms with E-state index in [9.17, 15) is 13.6 Å². The summed E-state index contributed by atoms with van der Waals surface area (Å²) in [6.45, 7) is 0.202. The quantitative estimate of drug-likeness (QED) is 0.883. The molecule has 24 heavy (non-hydrogen) atoms. The van der Waals surface area contributed by atoms with Crippen LogP contribution in [-0.2, 0) is 11.2 Å². The van der Waals surface area contributed by atoms with Crippen molar-refractivity contribution in [3.63, 3.8) is 0 Å². The van der Waals surface area contributed by atoms with E-state index in [0.717, 1.165) is 5.56 Å². The second kappa shape index (κ2) is 5.52. The number of aromatic amines is 1. The molecule has 0 bridgehead atoms. The smallest absolute Gasteiger partial charge is 0.269 e. The second-order valence-electron chi connectivity index (χ2n) is 6.11. The van der Waals surface area contributed by atoms with Crippen LogP contribution in [-0.4, -0.2) is 54.9 Å². The summed E-state index contributed by atoms with van der Waals surface area (Å²) in [5.74, 6) is -3.07. The molecule has 2 aliphatic heterocycles. The van der Waals surface area contributed by atoms with Gasteiger partial charge in [-0.25, -0.2) is 8.78 Å². The third-order valence-corrected chi connectivity index (χ3v) is 5.53. The van der Waals surface area contributed by atoms with E-state index in [1.165, 1.54) is 18.4 Å². The number of nitrogens with one attached hydrogen (secondary N) is 2. The van der Waals surface area contributed by atoms with E-state index in [4.69, 9.17) is 4.74 Å². The number of H-pyrrole nitrogens is 1. The van der Waals surface area contributed by atoms with Crippen LogP contribution in [0.3, 0.4) is 0 Å². The van der Waals surface area contributed by atoms with Gasteiger partial charge < -0.3 is 15.0 Å². The summed E-state index contributed by atoms with van der Waals surface area (Å²) >= 11 is 1.24. The number of methoxy groups -OCH3 is 1. The average Bonchev–Trinajstić information content (AvgIpc) is 3.10. The highest BCUT2D eigenvalue weighted by Crippen LogP contribution is 2.48. The molecule has 4 rings (SSSR count). The lowest BCUT2D eigenvalue weighted by Gasteiger charge is -2.35. The van der Waals surface area contributed by atoms with Gasteiger partial charge in [-0.1, -0.05) is 0 Å². The summed E-state index contributed by atoms with van der Waals surface area (Å²) < 4.78 is 33.7. The number of hydrogen-bond acceptors (Lipinski definition) is 5. The van der Waals surface area contributed by atoms with Gasteiger partial charge in [0.15, 0.2) is 0 Å². The molecule has 4 heterocycles. The summed E-state index contributed by atoms with van der Waals surface area (Å²) in [4.78, 5) is 15.4. The topological polar surface area (TPSA) is 70.2 Å². The first kappa shape index (κ1) is 15.5. The molecule has 1 atom stereocenters. The van der Waals surface area contributed by atoms with E-state index < -0.39 is 5.92 Å². The number of rotatable bonds is 3. The molecule has 0 spiro atoms.